The molecule has 1 rings (SSSR count). The van der Waals surface area contributed by atoms with Crippen molar-refractivity contribution in [3.63, 3.8) is 0 Å². The summed E-state index contributed by atoms with van der Waals surface area (Å²) in [4.78, 5) is 0. The first-order chi connectivity index (χ1) is 6.59. The molecule has 0 amide bonds. The van der Waals surface area contributed by atoms with E-state index in [4.69, 9.17) is 0 Å². The molecule has 0 aromatic carbocycles. The van der Waals surface area contributed by atoms with Gasteiger partial charge in [0.15, 0.2) is 0 Å². The molecule has 1 aliphatic carbocycles. The van der Waals surface area contributed by atoms with Gasteiger partial charge >= 0.3 is 0 Å². The normalized spacial score (nSPS) is 27.0. The van der Waals surface area contributed by atoms with E-state index in [0.29, 0.717) is 12.8 Å². The topological polar surface area (TPSA) is 40.5 Å². The van der Waals surface area contributed by atoms with Gasteiger partial charge in [0.1, 0.15) is 0 Å². The molecule has 0 saturated carbocycles. The van der Waals surface area contributed by atoms with Crippen molar-refractivity contribution in [3.05, 3.63) is 23.3 Å². The van der Waals surface area contributed by atoms with Crippen LogP contribution >= 0.6 is 0 Å². The number of hydrogen-bond acceptors (Lipinski definition) is 2. The summed E-state index contributed by atoms with van der Waals surface area (Å²) in [5.74, 6) is 0. The minimum atomic E-state index is -0.554. The first-order valence-electron chi connectivity index (χ1n) is 5.27. The molecule has 0 bridgehead atoms. The first kappa shape index (κ1) is 11.5. The van der Waals surface area contributed by atoms with Gasteiger partial charge in [0.25, 0.3) is 0 Å². The van der Waals surface area contributed by atoms with Crippen LogP contribution in [-0.4, -0.2) is 22.4 Å². The van der Waals surface area contributed by atoms with Crippen molar-refractivity contribution in [1.29, 1.82) is 0 Å². The Balaban J connectivity index is 2.36. The Morgan fingerprint density at radius 2 is 2.14 bits per heavy atom. The van der Waals surface area contributed by atoms with Gasteiger partial charge in [-0.05, 0) is 39.5 Å². The molecule has 0 heterocycles. The van der Waals surface area contributed by atoms with Gasteiger partial charge < -0.3 is 10.2 Å². The molecule has 0 spiro atoms. The smallest absolute Gasteiger partial charge is 0.0839 e. The molecule has 0 saturated heterocycles. The van der Waals surface area contributed by atoms with E-state index < -0.39 is 12.2 Å². The van der Waals surface area contributed by atoms with Crippen LogP contribution in [0.25, 0.3) is 0 Å². The van der Waals surface area contributed by atoms with Crippen molar-refractivity contribution in [2.24, 2.45) is 0 Å². The molecular weight excluding hydrogens is 176 g/mol. The average Bonchev–Trinajstić information content (AvgIpc) is 2.10. The second-order valence-corrected chi connectivity index (χ2v) is 4.26. The maximum Gasteiger partial charge on any atom is 0.0839 e. The summed E-state index contributed by atoms with van der Waals surface area (Å²) >= 11 is 0. The predicted octanol–water partition coefficient (Wildman–Crippen LogP) is 2.17. The quantitative estimate of drug-likeness (QED) is 0.679. The van der Waals surface area contributed by atoms with Crippen molar-refractivity contribution in [3.8, 4) is 0 Å². The highest BCUT2D eigenvalue weighted by atomic mass is 16.3. The fraction of sp³-hybridized carbons (Fsp3) is 0.667. The van der Waals surface area contributed by atoms with Gasteiger partial charge in [0, 0.05) is 0 Å². The first-order valence-corrected chi connectivity index (χ1v) is 5.27. The van der Waals surface area contributed by atoms with Crippen molar-refractivity contribution in [1.82, 2.24) is 0 Å². The zero-order valence-corrected chi connectivity index (χ0v) is 9.03. The summed E-state index contributed by atoms with van der Waals surface area (Å²) in [6.45, 7) is 4.18. The second-order valence-electron chi connectivity index (χ2n) is 4.26. The molecule has 0 fully saturated rings. The molecule has 2 atom stereocenters. The predicted molar refractivity (Wildman–Crippen MR) is 58.0 cm³/mol. The summed E-state index contributed by atoms with van der Waals surface area (Å²) in [6, 6.07) is 0. The van der Waals surface area contributed by atoms with Crippen molar-refractivity contribution < 1.29 is 10.2 Å². The Morgan fingerprint density at radius 3 is 2.71 bits per heavy atom. The SMILES string of the molecule is CC(C)=CCCC1=CC[C@@H](O)[C@H](O)C1. The maximum atomic E-state index is 9.45. The Labute approximate surface area is 86.0 Å². The summed E-state index contributed by atoms with van der Waals surface area (Å²) in [7, 11) is 0. The Kier molecular flexibility index (Phi) is 4.36. The van der Waals surface area contributed by atoms with Crippen LogP contribution in [0.3, 0.4) is 0 Å². The highest BCUT2D eigenvalue weighted by molar-refractivity contribution is 5.11. The van der Waals surface area contributed by atoms with Gasteiger partial charge in [-0.15, -0.1) is 0 Å². The fourth-order valence-electron chi connectivity index (χ4n) is 1.68. The molecule has 0 aliphatic heterocycles. The fourth-order valence-corrected chi connectivity index (χ4v) is 1.68. The molecule has 0 aromatic rings. The molecule has 80 valence electrons. The third-order valence-corrected chi connectivity index (χ3v) is 2.58. The van der Waals surface area contributed by atoms with E-state index in [1.807, 2.05) is 0 Å². The lowest BCUT2D eigenvalue weighted by Gasteiger charge is -2.23. The van der Waals surface area contributed by atoms with Crippen LogP contribution < -0.4 is 0 Å². The van der Waals surface area contributed by atoms with Crippen LogP contribution in [0.2, 0.25) is 0 Å². The lowest BCUT2D eigenvalue weighted by Crippen LogP contribution is -2.28. The summed E-state index contributed by atoms with van der Waals surface area (Å²) < 4.78 is 0. The van der Waals surface area contributed by atoms with Gasteiger partial charge in [-0.3, -0.25) is 0 Å². The van der Waals surface area contributed by atoms with E-state index in [-0.39, 0.29) is 0 Å². The van der Waals surface area contributed by atoms with Gasteiger partial charge in [-0.1, -0.05) is 23.3 Å². The molecule has 2 N–H and O–H groups in total. The lowest BCUT2D eigenvalue weighted by atomic mass is 9.91. The third-order valence-electron chi connectivity index (χ3n) is 2.58. The van der Waals surface area contributed by atoms with Gasteiger partial charge in [-0.2, -0.15) is 0 Å². The molecule has 14 heavy (non-hydrogen) atoms. The number of hydrogen-bond donors (Lipinski definition) is 2. The Morgan fingerprint density at radius 1 is 1.43 bits per heavy atom. The molecule has 1 aliphatic rings. The zero-order chi connectivity index (χ0) is 10.6. The number of aliphatic hydroxyl groups is 2. The third kappa shape index (κ3) is 3.64. The van der Waals surface area contributed by atoms with E-state index in [1.54, 1.807) is 0 Å². The zero-order valence-electron chi connectivity index (χ0n) is 9.03. The van der Waals surface area contributed by atoms with Gasteiger partial charge in [0.2, 0.25) is 0 Å². The Hall–Kier alpha value is -0.600. The van der Waals surface area contributed by atoms with E-state index >= 15 is 0 Å². The molecule has 0 aromatic heterocycles. The second kappa shape index (κ2) is 5.32. The van der Waals surface area contributed by atoms with E-state index in [9.17, 15) is 10.2 Å². The van der Waals surface area contributed by atoms with E-state index in [2.05, 4.69) is 26.0 Å². The van der Waals surface area contributed by atoms with Crippen LogP contribution in [0.5, 0.6) is 0 Å². The van der Waals surface area contributed by atoms with Crippen LogP contribution in [0.4, 0.5) is 0 Å². The molecule has 2 nitrogen and oxygen atoms in total. The van der Waals surface area contributed by atoms with E-state index in [1.165, 1.54) is 11.1 Å². The van der Waals surface area contributed by atoms with Crippen LogP contribution in [0.1, 0.15) is 39.5 Å². The number of rotatable bonds is 3. The highest BCUT2D eigenvalue weighted by Crippen LogP contribution is 2.22. The highest BCUT2D eigenvalue weighted by Gasteiger charge is 2.20. The van der Waals surface area contributed by atoms with Crippen LogP contribution in [-0.2, 0) is 0 Å². The molecular formula is C12H20O2. The van der Waals surface area contributed by atoms with Crippen molar-refractivity contribution in [2.75, 3.05) is 0 Å². The molecule has 0 radical (unpaired) electrons. The minimum Gasteiger partial charge on any atom is -0.390 e. The summed E-state index contributed by atoms with van der Waals surface area (Å²) in [5.41, 5.74) is 2.61. The van der Waals surface area contributed by atoms with Crippen LogP contribution in [0, 0.1) is 0 Å². The minimum absolute atomic E-state index is 0.554. The van der Waals surface area contributed by atoms with Crippen molar-refractivity contribution >= 4 is 0 Å². The summed E-state index contributed by atoms with van der Waals surface area (Å²) in [5, 5.41) is 18.8. The maximum absolute atomic E-state index is 9.45. The van der Waals surface area contributed by atoms with Gasteiger partial charge in [0.05, 0.1) is 12.2 Å². The number of allylic oxidation sites excluding steroid dienone is 2. The largest absolute Gasteiger partial charge is 0.390 e. The van der Waals surface area contributed by atoms with Gasteiger partial charge in [-0.25, -0.2) is 0 Å². The standard InChI is InChI=1S/C12H20O2/c1-9(2)4-3-5-10-6-7-11(13)12(14)8-10/h4,6,11-14H,3,5,7-8H2,1-2H3/t11-,12-/m1/s1. The van der Waals surface area contributed by atoms with Crippen molar-refractivity contribution in [2.45, 2.75) is 51.7 Å². The molecule has 0 unspecified atom stereocenters. The average molecular weight is 196 g/mol. The number of aliphatic hydroxyl groups excluding tert-OH is 2. The monoisotopic (exact) mass is 196 g/mol. The Bertz CT molecular complexity index is 237. The van der Waals surface area contributed by atoms with E-state index in [0.717, 1.165) is 12.8 Å². The lowest BCUT2D eigenvalue weighted by molar-refractivity contribution is 0.0163. The summed E-state index contributed by atoms with van der Waals surface area (Å²) in [6.07, 6.45) is 6.45. The molecule has 2 heteroatoms. The van der Waals surface area contributed by atoms with Crippen LogP contribution in [0.15, 0.2) is 23.3 Å².